The number of likely N-dealkylation sites (N-methyl/N-ethyl adjacent to an activating group) is 1. The summed E-state index contributed by atoms with van der Waals surface area (Å²) in [5.74, 6) is 0.696. The van der Waals surface area contributed by atoms with Crippen LogP contribution in [0.25, 0.3) is 0 Å². The number of halogens is 1. The smallest absolute Gasteiger partial charge is 0.282 e. The summed E-state index contributed by atoms with van der Waals surface area (Å²) in [6, 6.07) is 1.21. The van der Waals surface area contributed by atoms with E-state index in [9.17, 15) is 13.2 Å². The van der Waals surface area contributed by atoms with Crippen molar-refractivity contribution in [1.29, 1.82) is 0 Å². The fraction of sp³-hybridized carbons (Fsp3) is 0.944. The second kappa shape index (κ2) is 9.14. The van der Waals surface area contributed by atoms with Gasteiger partial charge in [-0.2, -0.15) is 17.0 Å². The van der Waals surface area contributed by atoms with Crippen LogP contribution in [0.1, 0.15) is 32.1 Å². The van der Waals surface area contributed by atoms with Gasteiger partial charge in [0.15, 0.2) is 0 Å². The molecule has 4 saturated heterocycles. The quantitative estimate of drug-likeness (QED) is 0.670. The molecule has 8 nitrogen and oxygen atoms in total. The largest absolute Gasteiger partial charge is 0.340 e. The average molecular weight is 436 g/mol. The summed E-state index contributed by atoms with van der Waals surface area (Å²) in [5.41, 5.74) is 0. The lowest BCUT2D eigenvalue weighted by atomic mass is 9.89. The maximum Gasteiger partial charge on any atom is 0.282 e. The summed E-state index contributed by atoms with van der Waals surface area (Å²) in [7, 11) is -1.38. The van der Waals surface area contributed by atoms with Crippen molar-refractivity contribution in [2.75, 3.05) is 59.4 Å². The van der Waals surface area contributed by atoms with Crippen LogP contribution in [-0.2, 0) is 15.0 Å². The van der Waals surface area contributed by atoms with Crippen molar-refractivity contribution >= 4 is 28.5 Å². The van der Waals surface area contributed by atoms with E-state index in [1.807, 2.05) is 11.9 Å². The van der Waals surface area contributed by atoms with Gasteiger partial charge in [0.05, 0.1) is 0 Å². The van der Waals surface area contributed by atoms with E-state index in [-0.39, 0.29) is 18.3 Å². The zero-order valence-corrected chi connectivity index (χ0v) is 18.4. The number of hydrogen-bond donors (Lipinski definition) is 1. The lowest BCUT2D eigenvalue weighted by Crippen LogP contribution is -2.57. The summed E-state index contributed by atoms with van der Waals surface area (Å²) < 4.78 is 28.8. The Morgan fingerprint density at radius 2 is 1.39 bits per heavy atom. The number of hydrogen-bond acceptors (Lipinski definition) is 5. The van der Waals surface area contributed by atoms with Crippen LogP contribution in [-0.4, -0.2) is 104 Å². The van der Waals surface area contributed by atoms with Gasteiger partial charge in [-0.25, -0.2) is 0 Å². The summed E-state index contributed by atoms with van der Waals surface area (Å²) in [6.07, 6.45) is 5.34. The maximum absolute atomic E-state index is 12.8. The van der Waals surface area contributed by atoms with Gasteiger partial charge in [0.1, 0.15) is 0 Å². The van der Waals surface area contributed by atoms with E-state index in [0.717, 1.165) is 25.9 Å². The normalized spacial score (nSPS) is 32.9. The molecule has 2 atom stereocenters. The van der Waals surface area contributed by atoms with Crippen LogP contribution in [0.15, 0.2) is 0 Å². The molecule has 4 aliphatic rings. The summed E-state index contributed by atoms with van der Waals surface area (Å²) >= 11 is 0. The van der Waals surface area contributed by atoms with Gasteiger partial charge in [-0.3, -0.25) is 4.79 Å². The number of rotatable bonds is 4. The third-order valence-electron chi connectivity index (χ3n) is 6.74. The lowest BCUT2D eigenvalue weighted by molar-refractivity contribution is -0.133. The lowest BCUT2D eigenvalue weighted by Gasteiger charge is -2.39. The molecule has 10 heteroatoms. The Balaban J connectivity index is 0.00000225. The Kier molecular flexibility index (Phi) is 7.26. The third-order valence-corrected chi connectivity index (χ3v) is 8.78. The summed E-state index contributed by atoms with van der Waals surface area (Å²) in [4.78, 5) is 16.7. The monoisotopic (exact) mass is 435 g/mol. The Morgan fingerprint density at radius 3 is 1.93 bits per heavy atom. The number of piperazine rings is 2. The number of nitrogens with one attached hydrogen (secondary N) is 1. The van der Waals surface area contributed by atoms with Crippen LogP contribution in [0, 0.1) is 5.92 Å². The number of fused-ring (bicyclic) bond motifs is 2. The molecular formula is C18H34ClN5O3S. The van der Waals surface area contributed by atoms with Gasteiger partial charge in [-0.15, -0.1) is 12.4 Å². The molecule has 162 valence electrons. The van der Waals surface area contributed by atoms with Crippen molar-refractivity contribution in [2.24, 2.45) is 5.92 Å². The van der Waals surface area contributed by atoms with Crippen molar-refractivity contribution < 1.29 is 13.2 Å². The van der Waals surface area contributed by atoms with Crippen LogP contribution in [0.2, 0.25) is 0 Å². The molecule has 2 unspecified atom stereocenters. The summed E-state index contributed by atoms with van der Waals surface area (Å²) in [6.45, 7) is 4.51. The van der Waals surface area contributed by atoms with E-state index < -0.39 is 10.2 Å². The molecule has 0 spiro atoms. The fourth-order valence-electron chi connectivity index (χ4n) is 5.07. The van der Waals surface area contributed by atoms with Crippen molar-refractivity contribution in [3.05, 3.63) is 0 Å². The minimum Gasteiger partial charge on any atom is -0.340 e. The first-order valence-corrected chi connectivity index (χ1v) is 11.8. The van der Waals surface area contributed by atoms with Gasteiger partial charge in [-0.05, 0) is 38.6 Å². The first kappa shape index (κ1) is 22.2. The zero-order valence-electron chi connectivity index (χ0n) is 16.8. The minimum absolute atomic E-state index is 0. The van der Waals surface area contributed by atoms with Crippen LogP contribution in [0.4, 0.5) is 0 Å². The highest BCUT2D eigenvalue weighted by Crippen LogP contribution is 2.33. The van der Waals surface area contributed by atoms with Crippen molar-refractivity contribution in [3.63, 3.8) is 0 Å². The Hall–Kier alpha value is -0.450. The molecule has 0 aromatic heterocycles. The second-order valence-corrected chi connectivity index (χ2v) is 10.6. The molecule has 4 aliphatic heterocycles. The molecule has 4 heterocycles. The Labute approximate surface area is 175 Å². The second-order valence-electron chi connectivity index (χ2n) is 8.67. The number of nitrogens with zero attached hydrogens (tertiary/aromatic N) is 4. The van der Waals surface area contributed by atoms with Gasteiger partial charge in [0, 0.05) is 70.9 Å². The standard InChI is InChI=1S/C18H33N5O3S.ClH/c1-20-4-8-22(9-5-20)27(25,26)23-10-6-21(7-11-23)18(24)14-15-12-16-2-3-17(13-15)19-16;/h15-17,19H,2-14H2,1H3;1H. The molecule has 0 aliphatic carbocycles. The summed E-state index contributed by atoms with van der Waals surface area (Å²) in [5, 5.41) is 3.62. The maximum atomic E-state index is 12.8. The highest BCUT2D eigenvalue weighted by atomic mass is 35.5. The minimum atomic E-state index is -3.40. The highest BCUT2D eigenvalue weighted by Gasteiger charge is 2.37. The molecule has 2 bridgehead atoms. The molecule has 0 aromatic rings. The van der Waals surface area contributed by atoms with E-state index in [1.54, 1.807) is 8.61 Å². The van der Waals surface area contributed by atoms with Crippen molar-refractivity contribution in [2.45, 2.75) is 44.2 Å². The number of carbonyl (C=O) groups excluding carboxylic acids is 1. The first-order valence-electron chi connectivity index (χ1n) is 10.4. The molecule has 4 fully saturated rings. The van der Waals surface area contributed by atoms with Crippen LogP contribution < -0.4 is 5.32 Å². The fourth-order valence-corrected chi connectivity index (χ4v) is 6.64. The third kappa shape index (κ3) is 4.82. The van der Waals surface area contributed by atoms with Gasteiger partial charge < -0.3 is 15.1 Å². The molecular weight excluding hydrogens is 402 g/mol. The van der Waals surface area contributed by atoms with Gasteiger partial charge in [0.25, 0.3) is 10.2 Å². The van der Waals surface area contributed by atoms with E-state index in [0.29, 0.717) is 63.7 Å². The van der Waals surface area contributed by atoms with Gasteiger partial charge >= 0.3 is 0 Å². The highest BCUT2D eigenvalue weighted by molar-refractivity contribution is 7.86. The Bertz CT molecular complexity index is 636. The molecule has 1 amide bonds. The van der Waals surface area contributed by atoms with E-state index in [1.165, 1.54) is 12.8 Å². The molecule has 4 rings (SSSR count). The van der Waals surface area contributed by atoms with E-state index in [4.69, 9.17) is 0 Å². The Morgan fingerprint density at radius 1 is 0.893 bits per heavy atom. The van der Waals surface area contributed by atoms with Crippen molar-refractivity contribution in [3.8, 4) is 0 Å². The van der Waals surface area contributed by atoms with E-state index >= 15 is 0 Å². The molecule has 0 aromatic carbocycles. The molecule has 0 radical (unpaired) electrons. The number of amides is 1. The predicted octanol–water partition coefficient (Wildman–Crippen LogP) is -0.0347. The predicted molar refractivity (Wildman–Crippen MR) is 111 cm³/mol. The van der Waals surface area contributed by atoms with Crippen molar-refractivity contribution in [1.82, 2.24) is 23.7 Å². The topological polar surface area (TPSA) is 76.2 Å². The van der Waals surface area contributed by atoms with Crippen LogP contribution >= 0.6 is 12.4 Å². The van der Waals surface area contributed by atoms with E-state index in [2.05, 4.69) is 10.2 Å². The van der Waals surface area contributed by atoms with Crippen LogP contribution in [0.3, 0.4) is 0 Å². The SMILES string of the molecule is CN1CCN(S(=O)(=O)N2CCN(C(=O)CC3CC4CCC(C3)N4)CC2)CC1.Cl. The molecule has 0 saturated carbocycles. The van der Waals surface area contributed by atoms with Crippen LogP contribution in [0.5, 0.6) is 0 Å². The zero-order chi connectivity index (χ0) is 19.0. The molecule has 28 heavy (non-hydrogen) atoms. The first-order chi connectivity index (χ1) is 12.9. The number of carbonyl (C=O) groups is 1. The van der Waals surface area contributed by atoms with Gasteiger partial charge in [-0.1, -0.05) is 0 Å². The number of piperidine rings is 1. The average Bonchev–Trinajstić information content (AvgIpc) is 3.00. The molecule has 1 N–H and O–H groups in total. The van der Waals surface area contributed by atoms with Gasteiger partial charge in [0.2, 0.25) is 5.91 Å².